The second-order valence-corrected chi connectivity index (χ2v) is 4.56. The highest BCUT2D eigenvalue weighted by molar-refractivity contribution is 6.30. The molecular formula is C13H18ClNO2. The highest BCUT2D eigenvalue weighted by atomic mass is 35.5. The van der Waals surface area contributed by atoms with Gasteiger partial charge in [0.25, 0.3) is 0 Å². The summed E-state index contributed by atoms with van der Waals surface area (Å²) >= 11 is 5.81. The van der Waals surface area contributed by atoms with Gasteiger partial charge in [0.1, 0.15) is 6.04 Å². The zero-order chi connectivity index (χ0) is 12.8. The molecule has 0 heterocycles. The number of benzene rings is 1. The molecule has 0 saturated carbocycles. The molecular weight excluding hydrogens is 238 g/mol. The lowest BCUT2D eigenvalue weighted by molar-refractivity contribution is -0.139. The van der Waals surface area contributed by atoms with Crippen LogP contribution in [0.1, 0.15) is 38.3 Å². The Hall–Kier alpha value is -1.06. The van der Waals surface area contributed by atoms with E-state index in [1.54, 1.807) is 0 Å². The predicted molar refractivity (Wildman–Crippen MR) is 69.3 cm³/mol. The maximum Gasteiger partial charge on any atom is 0.320 e. The summed E-state index contributed by atoms with van der Waals surface area (Å²) in [5.41, 5.74) is 1.04. The highest BCUT2D eigenvalue weighted by Crippen LogP contribution is 2.17. The Bertz CT molecular complexity index is 364. The molecule has 0 aliphatic rings. The van der Waals surface area contributed by atoms with Crippen molar-refractivity contribution < 1.29 is 9.90 Å². The monoisotopic (exact) mass is 255 g/mol. The van der Waals surface area contributed by atoms with E-state index in [0.29, 0.717) is 11.4 Å². The number of carbonyl (C=O) groups is 1. The van der Waals surface area contributed by atoms with Crippen LogP contribution >= 0.6 is 11.6 Å². The third-order valence-corrected chi connectivity index (χ3v) is 2.95. The van der Waals surface area contributed by atoms with Crippen molar-refractivity contribution in [3.05, 3.63) is 34.9 Å². The molecule has 0 bridgehead atoms. The highest BCUT2D eigenvalue weighted by Gasteiger charge is 2.18. The number of carboxylic acid groups (broad SMARTS) is 1. The molecule has 94 valence electrons. The lowest BCUT2D eigenvalue weighted by Gasteiger charge is -2.20. The molecule has 17 heavy (non-hydrogen) atoms. The second kappa shape index (κ2) is 6.62. The van der Waals surface area contributed by atoms with Crippen molar-refractivity contribution in [2.75, 3.05) is 0 Å². The Morgan fingerprint density at radius 3 is 2.47 bits per heavy atom. The lowest BCUT2D eigenvalue weighted by Crippen LogP contribution is -2.38. The largest absolute Gasteiger partial charge is 0.480 e. The van der Waals surface area contributed by atoms with Crippen molar-refractivity contribution in [2.24, 2.45) is 0 Å². The average Bonchev–Trinajstić information content (AvgIpc) is 2.29. The number of carboxylic acids is 1. The molecule has 0 saturated heterocycles. The van der Waals surface area contributed by atoms with Gasteiger partial charge in [0.05, 0.1) is 0 Å². The summed E-state index contributed by atoms with van der Waals surface area (Å²) in [7, 11) is 0. The third-order valence-electron chi connectivity index (χ3n) is 2.70. The Morgan fingerprint density at radius 2 is 2.00 bits per heavy atom. The SMILES string of the molecule is CCCC(N[C@@H](C)c1ccc(Cl)cc1)C(=O)O. The molecule has 1 rings (SSSR count). The number of rotatable bonds is 6. The topological polar surface area (TPSA) is 49.3 Å². The Balaban J connectivity index is 2.66. The summed E-state index contributed by atoms with van der Waals surface area (Å²) in [6.07, 6.45) is 1.48. The van der Waals surface area contributed by atoms with Crippen LogP contribution in [0.25, 0.3) is 0 Å². The maximum absolute atomic E-state index is 11.0. The summed E-state index contributed by atoms with van der Waals surface area (Å²) in [4.78, 5) is 11.0. The normalized spacial score (nSPS) is 14.3. The van der Waals surface area contributed by atoms with Gasteiger partial charge in [-0.2, -0.15) is 0 Å². The molecule has 0 amide bonds. The first kappa shape index (κ1) is 14.0. The fourth-order valence-corrected chi connectivity index (χ4v) is 1.84. The molecule has 2 atom stereocenters. The van der Waals surface area contributed by atoms with E-state index in [2.05, 4.69) is 5.32 Å². The molecule has 1 unspecified atom stereocenters. The molecule has 2 N–H and O–H groups in total. The van der Waals surface area contributed by atoms with Gasteiger partial charge in [-0.1, -0.05) is 37.1 Å². The first-order valence-corrected chi connectivity index (χ1v) is 6.16. The van der Waals surface area contributed by atoms with Crippen LogP contribution in [0.4, 0.5) is 0 Å². The molecule has 0 fully saturated rings. The van der Waals surface area contributed by atoms with E-state index in [4.69, 9.17) is 16.7 Å². The molecule has 0 spiro atoms. The summed E-state index contributed by atoms with van der Waals surface area (Å²) in [6.45, 7) is 3.93. The Labute approximate surface area is 107 Å². The minimum absolute atomic E-state index is 0.0000772. The molecule has 3 nitrogen and oxygen atoms in total. The number of hydrogen-bond donors (Lipinski definition) is 2. The zero-order valence-electron chi connectivity index (χ0n) is 10.1. The van der Waals surface area contributed by atoms with Gasteiger partial charge < -0.3 is 5.11 Å². The molecule has 0 aliphatic heterocycles. The van der Waals surface area contributed by atoms with Gasteiger partial charge in [-0.3, -0.25) is 10.1 Å². The van der Waals surface area contributed by atoms with Crippen molar-refractivity contribution >= 4 is 17.6 Å². The maximum atomic E-state index is 11.0. The van der Waals surface area contributed by atoms with Crippen molar-refractivity contribution in [3.63, 3.8) is 0 Å². The fraction of sp³-hybridized carbons (Fsp3) is 0.462. The summed E-state index contributed by atoms with van der Waals surface area (Å²) in [5, 5.41) is 12.9. The number of hydrogen-bond acceptors (Lipinski definition) is 2. The van der Waals surface area contributed by atoms with E-state index in [1.165, 1.54) is 0 Å². The predicted octanol–water partition coefficient (Wildman–Crippen LogP) is 3.24. The Morgan fingerprint density at radius 1 is 1.41 bits per heavy atom. The first-order chi connectivity index (χ1) is 8.04. The van der Waals surface area contributed by atoms with E-state index in [1.807, 2.05) is 38.1 Å². The smallest absolute Gasteiger partial charge is 0.320 e. The van der Waals surface area contributed by atoms with Crippen molar-refractivity contribution in [1.82, 2.24) is 5.32 Å². The van der Waals surface area contributed by atoms with Crippen molar-refractivity contribution in [2.45, 2.75) is 38.8 Å². The minimum Gasteiger partial charge on any atom is -0.480 e. The third kappa shape index (κ3) is 4.36. The number of aliphatic carboxylic acids is 1. The van der Waals surface area contributed by atoms with E-state index in [9.17, 15) is 4.79 Å². The summed E-state index contributed by atoms with van der Waals surface area (Å²) < 4.78 is 0. The molecule has 0 radical (unpaired) electrons. The molecule has 1 aromatic rings. The Kier molecular flexibility index (Phi) is 5.45. The molecule has 1 aromatic carbocycles. The van der Waals surface area contributed by atoms with Crippen LogP contribution in [0, 0.1) is 0 Å². The van der Waals surface area contributed by atoms with Crippen LogP contribution in [-0.2, 0) is 4.79 Å². The van der Waals surface area contributed by atoms with Gasteiger partial charge in [0.2, 0.25) is 0 Å². The van der Waals surface area contributed by atoms with Gasteiger partial charge in [0.15, 0.2) is 0 Å². The van der Waals surface area contributed by atoms with Gasteiger partial charge >= 0.3 is 5.97 Å². The summed E-state index contributed by atoms with van der Waals surface area (Å²) in [6, 6.07) is 6.94. The minimum atomic E-state index is -0.798. The van der Waals surface area contributed by atoms with Crippen LogP contribution in [0.5, 0.6) is 0 Å². The standard InChI is InChI=1S/C13H18ClNO2/c1-3-4-12(13(16)17)15-9(2)10-5-7-11(14)8-6-10/h5-9,12,15H,3-4H2,1-2H3,(H,16,17)/t9-,12?/m0/s1. The average molecular weight is 256 g/mol. The first-order valence-electron chi connectivity index (χ1n) is 5.79. The summed E-state index contributed by atoms with van der Waals surface area (Å²) in [5.74, 6) is -0.798. The second-order valence-electron chi connectivity index (χ2n) is 4.12. The van der Waals surface area contributed by atoms with Crippen LogP contribution in [0.15, 0.2) is 24.3 Å². The van der Waals surface area contributed by atoms with Gasteiger partial charge in [0, 0.05) is 11.1 Å². The van der Waals surface area contributed by atoms with Crippen LogP contribution in [0.2, 0.25) is 5.02 Å². The number of nitrogens with one attached hydrogen (secondary N) is 1. The molecule has 0 aliphatic carbocycles. The lowest BCUT2D eigenvalue weighted by atomic mass is 10.1. The van der Waals surface area contributed by atoms with Gasteiger partial charge in [-0.15, -0.1) is 0 Å². The van der Waals surface area contributed by atoms with E-state index >= 15 is 0 Å². The fourth-order valence-electron chi connectivity index (χ4n) is 1.72. The van der Waals surface area contributed by atoms with E-state index in [-0.39, 0.29) is 6.04 Å². The van der Waals surface area contributed by atoms with Crippen LogP contribution in [0.3, 0.4) is 0 Å². The van der Waals surface area contributed by atoms with Gasteiger partial charge in [-0.05, 0) is 31.0 Å². The van der Waals surface area contributed by atoms with Crippen molar-refractivity contribution in [1.29, 1.82) is 0 Å². The van der Waals surface area contributed by atoms with E-state index in [0.717, 1.165) is 12.0 Å². The molecule has 0 aromatic heterocycles. The quantitative estimate of drug-likeness (QED) is 0.820. The molecule has 4 heteroatoms. The van der Waals surface area contributed by atoms with E-state index < -0.39 is 12.0 Å². The zero-order valence-corrected chi connectivity index (χ0v) is 10.9. The van der Waals surface area contributed by atoms with Crippen molar-refractivity contribution in [3.8, 4) is 0 Å². The van der Waals surface area contributed by atoms with Gasteiger partial charge in [-0.25, -0.2) is 0 Å². The number of halogens is 1. The van der Waals surface area contributed by atoms with Crippen LogP contribution in [-0.4, -0.2) is 17.1 Å². The van der Waals surface area contributed by atoms with Crippen LogP contribution < -0.4 is 5.32 Å².